The SMILES string of the molecule is CC(=O)Nc1ccc(NC(=O)C2CC(c3ccc(F)cc3)=NO2)cc1. The van der Waals surface area contributed by atoms with Crippen LogP contribution in [-0.2, 0) is 14.4 Å². The summed E-state index contributed by atoms with van der Waals surface area (Å²) in [6, 6.07) is 12.6. The van der Waals surface area contributed by atoms with Gasteiger partial charge in [-0.1, -0.05) is 17.3 Å². The lowest BCUT2D eigenvalue weighted by molar-refractivity contribution is -0.125. The third kappa shape index (κ3) is 4.20. The smallest absolute Gasteiger partial charge is 0.268 e. The van der Waals surface area contributed by atoms with Crippen LogP contribution in [0.25, 0.3) is 0 Å². The van der Waals surface area contributed by atoms with E-state index in [1.165, 1.54) is 19.1 Å². The maximum atomic E-state index is 13.0. The van der Waals surface area contributed by atoms with Crippen LogP contribution >= 0.6 is 0 Å². The number of carbonyl (C=O) groups is 2. The normalized spacial score (nSPS) is 15.9. The molecular weight excluding hydrogens is 325 g/mol. The van der Waals surface area contributed by atoms with Gasteiger partial charge in [-0.05, 0) is 42.0 Å². The summed E-state index contributed by atoms with van der Waals surface area (Å²) in [4.78, 5) is 28.4. The number of rotatable bonds is 4. The molecule has 0 aromatic heterocycles. The monoisotopic (exact) mass is 341 g/mol. The summed E-state index contributed by atoms with van der Waals surface area (Å²) in [5.41, 5.74) is 2.54. The molecule has 2 aromatic carbocycles. The molecule has 3 rings (SSSR count). The van der Waals surface area contributed by atoms with Crippen molar-refractivity contribution in [3.05, 3.63) is 59.9 Å². The van der Waals surface area contributed by atoms with Crippen molar-refractivity contribution in [2.45, 2.75) is 19.4 Å². The maximum absolute atomic E-state index is 13.0. The molecule has 1 atom stereocenters. The Labute approximate surface area is 143 Å². The van der Waals surface area contributed by atoms with Gasteiger partial charge in [-0.25, -0.2) is 4.39 Å². The fourth-order valence-electron chi connectivity index (χ4n) is 2.39. The van der Waals surface area contributed by atoms with Crippen molar-refractivity contribution in [2.75, 3.05) is 10.6 Å². The molecule has 0 saturated heterocycles. The molecule has 1 unspecified atom stereocenters. The Morgan fingerprint density at radius 1 is 1.04 bits per heavy atom. The van der Waals surface area contributed by atoms with Crippen molar-refractivity contribution in [3.8, 4) is 0 Å². The minimum atomic E-state index is -0.741. The number of hydrogen-bond acceptors (Lipinski definition) is 4. The van der Waals surface area contributed by atoms with Crippen LogP contribution in [0.4, 0.5) is 15.8 Å². The van der Waals surface area contributed by atoms with Crippen LogP contribution < -0.4 is 10.6 Å². The molecule has 0 spiro atoms. The van der Waals surface area contributed by atoms with Gasteiger partial charge in [-0.15, -0.1) is 0 Å². The lowest BCUT2D eigenvalue weighted by atomic mass is 10.0. The van der Waals surface area contributed by atoms with Crippen molar-refractivity contribution in [1.29, 1.82) is 0 Å². The molecule has 1 heterocycles. The Morgan fingerprint density at radius 2 is 1.64 bits per heavy atom. The highest BCUT2D eigenvalue weighted by Gasteiger charge is 2.28. The topological polar surface area (TPSA) is 79.8 Å². The summed E-state index contributed by atoms with van der Waals surface area (Å²) in [5, 5.41) is 9.29. The largest absolute Gasteiger partial charge is 0.382 e. The van der Waals surface area contributed by atoms with Crippen LogP contribution in [0.2, 0.25) is 0 Å². The van der Waals surface area contributed by atoms with Gasteiger partial charge >= 0.3 is 0 Å². The standard InChI is InChI=1S/C18H16FN3O3/c1-11(23)20-14-6-8-15(9-7-14)21-18(24)17-10-16(22-25-17)12-2-4-13(19)5-3-12/h2-9,17H,10H2,1H3,(H,20,23)(H,21,24). The molecule has 0 radical (unpaired) electrons. The second-order valence-electron chi connectivity index (χ2n) is 5.59. The quantitative estimate of drug-likeness (QED) is 0.897. The number of nitrogens with zero attached hydrogens (tertiary/aromatic N) is 1. The molecule has 128 valence electrons. The van der Waals surface area contributed by atoms with Gasteiger partial charge < -0.3 is 15.5 Å². The average molecular weight is 341 g/mol. The molecule has 0 bridgehead atoms. The molecular formula is C18H16FN3O3. The predicted octanol–water partition coefficient (Wildman–Crippen LogP) is 2.92. The van der Waals surface area contributed by atoms with Crippen molar-refractivity contribution >= 4 is 28.9 Å². The van der Waals surface area contributed by atoms with Gasteiger partial charge in [0.2, 0.25) is 12.0 Å². The average Bonchev–Trinajstić information content (AvgIpc) is 3.07. The molecule has 0 aliphatic carbocycles. The predicted molar refractivity (Wildman–Crippen MR) is 91.8 cm³/mol. The summed E-state index contributed by atoms with van der Waals surface area (Å²) in [7, 11) is 0. The van der Waals surface area contributed by atoms with E-state index in [1.54, 1.807) is 36.4 Å². The minimum Gasteiger partial charge on any atom is -0.382 e. The molecule has 25 heavy (non-hydrogen) atoms. The van der Waals surface area contributed by atoms with E-state index >= 15 is 0 Å². The van der Waals surface area contributed by atoms with Crippen molar-refractivity contribution < 1.29 is 18.8 Å². The Kier molecular flexibility index (Phi) is 4.74. The van der Waals surface area contributed by atoms with E-state index < -0.39 is 6.10 Å². The number of anilines is 2. The third-order valence-electron chi connectivity index (χ3n) is 3.61. The van der Waals surface area contributed by atoms with Crippen molar-refractivity contribution in [1.82, 2.24) is 0 Å². The van der Waals surface area contributed by atoms with E-state index in [2.05, 4.69) is 15.8 Å². The van der Waals surface area contributed by atoms with Gasteiger partial charge in [-0.2, -0.15) is 0 Å². The summed E-state index contributed by atoms with van der Waals surface area (Å²) in [6.07, 6.45) is -0.434. The minimum absolute atomic E-state index is 0.165. The van der Waals surface area contributed by atoms with Crippen LogP contribution in [0, 0.1) is 5.82 Å². The fourth-order valence-corrected chi connectivity index (χ4v) is 2.39. The second kappa shape index (κ2) is 7.12. The summed E-state index contributed by atoms with van der Waals surface area (Å²) in [5.74, 6) is -0.824. The van der Waals surface area contributed by atoms with Gasteiger partial charge in [-0.3, -0.25) is 9.59 Å². The second-order valence-corrected chi connectivity index (χ2v) is 5.59. The van der Waals surface area contributed by atoms with E-state index in [0.717, 1.165) is 5.56 Å². The van der Waals surface area contributed by atoms with Gasteiger partial charge in [0.15, 0.2) is 0 Å². The first-order valence-electron chi connectivity index (χ1n) is 7.68. The highest BCUT2D eigenvalue weighted by atomic mass is 19.1. The van der Waals surface area contributed by atoms with Crippen LogP contribution in [0.3, 0.4) is 0 Å². The zero-order chi connectivity index (χ0) is 17.8. The van der Waals surface area contributed by atoms with Crippen molar-refractivity contribution in [2.24, 2.45) is 5.16 Å². The van der Waals surface area contributed by atoms with Crippen LogP contribution in [0.5, 0.6) is 0 Å². The molecule has 6 nitrogen and oxygen atoms in total. The molecule has 7 heteroatoms. The lowest BCUT2D eigenvalue weighted by Gasteiger charge is -2.10. The van der Waals surface area contributed by atoms with Crippen LogP contribution in [0.1, 0.15) is 18.9 Å². The number of nitrogens with one attached hydrogen (secondary N) is 2. The molecule has 0 saturated carbocycles. The van der Waals surface area contributed by atoms with E-state index in [4.69, 9.17) is 4.84 Å². The Morgan fingerprint density at radius 3 is 2.24 bits per heavy atom. The van der Waals surface area contributed by atoms with Gasteiger partial charge in [0.05, 0.1) is 5.71 Å². The number of benzene rings is 2. The summed E-state index contributed by atoms with van der Waals surface area (Å²) >= 11 is 0. The number of carbonyl (C=O) groups excluding carboxylic acids is 2. The molecule has 2 amide bonds. The lowest BCUT2D eigenvalue weighted by Crippen LogP contribution is -2.28. The van der Waals surface area contributed by atoms with Gasteiger partial charge in [0, 0.05) is 24.7 Å². The summed E-state index contributed by atoms with van der Waals surface area (Å²) in [6.45, 7) is 1.42. The first-order valence-corrected chi connectivity index (χ1v) is 7.68. The molecule has 0 fully saturated rings. The molecule has 2 N–H and O–H groups in total. The first kappa shape index (κ1) is 16.6. The van der Waals surface area contributed by atoms with E-state index in [1.807, 2.05) is 0 Å². The van der Waals surface area contributed by atoms with E-state index in [-0.39, 0.29) is 17.6 Å². The van der Waals surface area contributed by atoms with Gasteiger partial charge in [0.1, 0.15) is 5.82 Å². The van der Waals surface area contributed by atoms with E-state index in [9.17, 15) is 14.0 Å². The highest BCUT2D eigenvalue weighted by Crippen LogP contribution is 2.19. The summed E-state index contributed by atoms with van der Waals surface area (Å²) < 4.78 is 13.0. The Hall–Kier alpha value is -3.22. The van der Waals surface area contributed by atoms with Gasteiger partial charge in [0.25, 0.3) is 5.91 Å². The number of oxime groups is 1. The van der Waals surface area contributed by atoms with Crippen LogP contribution in [-0.4, -0.2) is 23.6 Å². The molecule has 1 aliphatic heterocycles. The molecule has 1 aliphatic rings. The number of hydrogen-bond donors (Lipinski definition) is 2. The van der Waals surface area contributed by atoms with Crippen LogP contribution in [0.15, 0.2) is 53.7 Å². The Balaban J connectivity index is 1.58. The van der Waals surface area contributed by atoms with E-state index in [0.29, 0.717) is 23.5 Å². The number of halogens is 1. The first-order chi connectivity index (χ1) is 12.0. The zero-order valence-electron chi connectivity index (χ0n) is 13.5. The Bertz CT molecular complexity index is 816. The van der Waals surface area contributed by atoms with Crippen molar-refractivity contribution in [3.63, 3.8) is 0 Å². The fraction of sp³-hybridized carbons (Fsp3) is 0.167. The third-order valence-corrected chi connectivity index (χ3v) is 3.61. The maximum Gasteiger partial charge on any atom is 0.268 e. The highest BCUT2D eigenvalue weighted by molar-refractivity contribution is 6.06. The number of amides is 2. The molecule has 2 aromatic rings. The zero-order valence-corrected chi connectivity index (χ0v) is 13.5.